The molecule has 25 rings (SSSR count). The van der Waals surface area contributed by atoms with E-state index in [0.717, 1.165) is 23.0 Å². The molecule has 0 aliphatic carbocycles. The fraction of sp³-hybridized carbons (Fsp3) is 0.774. The number of fused-ring (bicyclic) bond motifs is 2. The van der Waals surface area contributed by atoms with Crippen molar-refractivity contribution in [3.05, 3.63) is 69.3 Å². The van der Waals surface area contributed by atoms with Crippen LogP contribution in [0.2, 0.25) is 0 Å². The number of aliphatic hydroxyl groups excluding tert-OH is 20. The summed E-state index contributed by atoms with van der Waals surface area (Å²) in [6.07, 6.45) is -68.2. The lowest BCUT2D eigenvalue weighted by Crippen LogP contribution is -2.68. The maximum absolute atomic E-state index is 12.5. The van der Waals surface area contributed by atoms with E-state index in [1.54, 1.807) is 6.08 Å². The minimum absolute atomic E-state index is 0.132. The van der Waals surface area contributed by atoms with Crippen LogP contribution in [0.5, 0.6) is 5.75 Å². The Balaban J connectivity index is 0.849. The van der Waals surface area contributed by atoms with Crippen LogP contribution in [-0.4, -0.2) is 380 Å². The van der Waals surface area contributed by atoms with Gasteiger partial charge in [-0.1, -0.05) is 18.2 Å². The highest BCUT2D eigenvalue weighted by atomic mass is 32.2. The third-order valence-corrected chi connectivity index (χ3v) is 21.7. The van der Waals surface area contributed by atoms with Gasteiger partial charge in [0.25, 0.3) is 5.69 Å². The first-order valence-electron chi connectivity index (χ1n) is 33.0. The molecule has 21 saturated heterocycles. The molecule has 36 atom stereocenters. The van der Waals surface area contributed by atoms with Crippen molar-refractivity contribution in [2.24, 2.45) is 0 Å². The van der Waals surface area contributed by atoms with Gasteiger partial charge in [0.05, 0.1) is 56.1 Å². The van der Waals surface area contributed by atoms with Crippen LogP contribution in [0, 0.1) is 10.1 Å². The summed E-state index contributed by atoms with van der Waals surface area (Å²) in [7, 11) is 1.84. The van der Waals surface area contributed by atoms with Crippen molar-refractivity contribution in [2.45, 2.75) is 246 Å². The van der Waals surface area contributed by atoms with Crippen LogP contribution < -0.4 is 9.64 Å². The smallest absolute Gasteiger partial charge is 0.270 e. The predicted molar refractivity (Wildman–Crippen MR) is 331 cm³/mol. The van der Waals surface area contributed by atoms with E-state index in [0.29, 0.717) is 11.1 Å². The van der Waals surface area contributed by atoms with Gasteiger partial charge in [0.2, 0.25) is 5.72 Å². The summed E-state index contributed by atoms with van der Waals surface area (Å²) in [6, 6.07) is 10.3. The van der Waals surface area contributed by atoms with E-state index in [9.17, 15) is 112 Å². The van der Waals surface area contributed by atoms with Crippen molar-refractivity contribution in [3.8, 4) is 5.75 Å². The molecule has 574 valence electrons. The van der Waals surface area contributed by atoms with Crippen LogP contribution in [-0.2, 0) is 77.5 Å². The number of para-hydroxylation sites is 1. The van der Waals surface area contributed by atoms with Crippen LogP contribution in [0.3, 0.4) is 0 Å². The maximum Gasteiger partial charge on any atom is 0.270 e. The second-order valence-electron chi connectivity index (χ2n) is 27.1. The molecule has 2 aromatic rings. The van der Waals surface area contributed by atoms with Crippen LogP contribution >= 0.6 is 11.8 Å². The first kappa shape index (κ1) is 77.8. The van der Waals surface area contributed by atoms with Gasteiger partial charge < -0.3 is 178 Å². The van der Waals surface area contributed by atoms with Gasteiger partial charge in [-0.3, -0.25) is 10.1 Å². The number of nitrogens with zero attached hydrogens (tertiary/aromatic N) is 2. The van der Waals surface area contributed by atoms with E-state index in [1.165, 1.54) is 12.1 Å². The van der Waals surface area contributed by atoms with Crippen molar-refractivity contribution < 1.29 is 178 Å². The highest BCUT2D eigenvalue weighted by molar-refractivity contribution is 7.98. The topological polar surface area (TPSA) is 589 Å². The standard InChI is InChI=1S/C62H88N2O37S/c1-61(2)23-6-4-5-7-24(23)63(3)62(61)9-8-20-10-22(64(85)86)11-21(46(20)101-62)18-102-19-31-53-38(77)45(84)60(93-31)99-52-30(17-70)91-58(43(82)36(52)75)97-50-28(15-68)89-56(41(80)34(50)73)95-48-26(13-66)87-54(39(78)32(48)71)94-47-25(12-65)88-55(40(79)33(47)72)96-49-27(14-67)90-57(42(81)35(49)74)98-51-29(16-69)92-59(100-53)44(83)37(51)76/h4-11,25-45,47-60,65-84H,12-19H2,1-3H3/t25-,26-,27-,28-,29-,30-,31-,32-,33-,34-,35-,36-,37-,38-,39-,40-,41-,42-,43-,44-,45-,47-,48-,49-,50-,51-,52-,53-,54-,55-,56-,57-,58-,59-,60-,62?/m1/s1. The number of aliphatic hydroxyl groups is 20. The van der Waals surface area contributed by atoms with E-state index >= 15 is 0 Å². The molecule has 1 unspecified atom stereocenters. The fourth-order valence-corrected chi connectivity index (χ4v) is 15.9. The molecule has 2 aromatic carbocycles. The van der Waals surface area contributed by atoms with Crippen molar-refractivity contribution >= 4 is 29.2 Å². The van der Waals surface area contributed by atoms with Crippen LogP contribution in [0.15, 0.2) is 42.5 Å². The number of nitro benzene ring substituents is 1. The third-order valence-electron chi connectivity index (χ3n) is 20.6. The first-order valence-corrected chi connectivity index (χ1v) is 34.2. The van der Waals surface area contributed by atoms with Crippen LogP contribution in [0.4, 0.5) is 11.4 Å². The number of anilines is 1. The Morgan fingerprint density at radius 1 is 0.431 bits per heavy atom. The maximum atomic E-state index is 12.5. The Labute approximate surface area is 583 Å². The molecule has 40 heteroatoms. The number of ether oxygens (including phenoxy) is 15. The highest BCUT2D eigenvalue weighted by Crippen LogP contribution is 2.55. The lowest BCUT2D eigenvalue weighted by atomic mass is 9.76. The number of nitro groups is 1. The highest BCUT2D eigenvalue weighted by Gasteiger charge is 2.62. The number of hydrogen-bond acceptors (Lipinski definition) is 39. The van der Waals surface area contributed by atoms with E-state index in [-0.39, 0.29) is 22.9 Å². The van der Waals surface area contributed by atoms with Gasteiger partial charge in [0, 0.05) is 47.5 Å². The summed E-state index contributed by atoms with van der Waals surface area (Å²) in [5.74, 6) is -0.230. The van der Waals surface area contributed by atoms with Gasteiger partial charge >= 0.3 is 0 Å². The van der Waals surface area contributed by atoms with E-state index in [2.05, 4.69) is 0 Å². The summed E-state index contributed by atoms with van der Waals surface area (Å²) in [5, 5.41) is 240. The number of likely N-dealkylation sites (N-methyl/N-ethyl adjacent to an activating group) is 1. The minimum Gasteiger partial charge on any atom is -0.462 e. The molecule has 0 aromatic heterocycles. The number of non-ortho nitro benzene ring substituents is 1. The third kappa shape index (κ3) is 14.0. The molecule has 1 spiro atoms. The predicted octanol–water partition coefficient (Wildman–Crippen LogP) is -9.85. The fourth-order valence-electron chi connectivity index (χ4n) is 14.8. The zero-order valence-corrected chi connectivity index (χ0v) is 55.5. The largest absolute Gasteiger partial charge is 0.462 e. The Morgan fingerprint density at radius 2 is 0.725 bits per heavy atom. The molecule has 0 amide bonds. The lowest BCUT2D eigenvalue weighted by molar-refractivity contribution is -0.396. The zero-order valence-electron chi connectivity index (χ0n) is 54.7. The number of rotatable bonds is 11. The van der Waals surface area contributed by atoms with Gasteiger partial charge in [0.15, 0.2) is 44.0 Å². The van der Waals surface area contributed by atoms with Gasteiger partial charge in [-0.2, -0.15) is 11.8 Å². The molecule has 0 radical (unpaired) electrons. The quantitative estimate of drug-likeness (QED) is 0.0734. The molecule has 23 aliphatic rings. The summed E-state index contributed by atoms with van der Waals surface area (Å²) in [4.78, 5) is 13.9. The summed E-state index contributed by atoms with van der Waals surface area (Å²) < 4.78 is 89.5. The van der Waals surface area contributed by atoms with Gasteiger partial charge in [-0.25, -0.2) is 0 Å². The molecule has 23 aliphatic heterocycles. The molecule has 23 heterocycles. The van der Waals surface area contributed by atoms with E-state index in [1.807, 2.05) is 56.1 Å². The Morgan fingerprint density at radius 3 is 1.02 bits per heavy atom. The first-order chi connectivity index (χ1) is 48.6. The van der Waals surface area contributed by atoms with E-state index in [4.69, 9.17) is 71.1 Å². The van der Waals surface area contributed by atoms with Crippen molar-refractivity contribution in [2.75, 3.05) is 57.3 Å². The summed E-state index contributed by atoms with van der Waals surface area (Å²) in [6.45, 7) is -2.50. The SMILES string of the molecule is CN1c2ccccc2C(C)(C)C12C=Cc1cc([N+](=O)[O-])cc(CSC[C@H]3O[C@@H]4O[C@H]5[C@H](O)[C@@H](O)[C@@H](O[C@H]6[C@H](O)[C@@H](O)[C@@H](O[C@H]7[C@H](O)[C@@H](O)[C@@H](O[C@H]8[C@H](O)[C@@H](O)[C@@H](O[C@H]9[C@H](O)[C@@H](O)[C@@H](O[C@H]%10[C@H](O)[C@@H](O)[C@@H](O[C@H]3[C@H](O)[C@H]4O)O[C@@H]%10CO)O[C@@H]9CO)O[C@@H]8CO)O[C@@H]7CO)O[C@@H]6CO)O[C@@H]5CO)c1O2. The van der Waals surface area contributed by atoms with Crippen molar-refractivity contribution in [1.29, 1.82) is 0 Å². The van der Waals surface area contributed by atoms with Gasteiger partial charge in [0.1, 0.15) is 171 Å². The van der Waals surface area contributed by atoms with Crippen LogP contribution in [0.1, 0.15) is 30.5 Å². The van der Waals surface area contributed by atoms with E-state index < -0.39 is 271 Å². The normalized spacial score (nSPS) is 47.5. The molecule has 39 nitrogen and oxygen atoms in total. The van der Waals surface area contributed by atoms with Gasteiger partial charge in [-0.05, 0) is 37.6 Å². The molecular formula is C62H88N2O37S. The molecule has 14 bridgehead atoms. The van der Waals surface area contributed by atoms with Crippen molar-refractivity contribution in [1.82, 2.24) is 0 Å². The zero-order chi connectivity index (χ0) is 73.5. The molecule has 0 saturated carbocycles. The van der Waals surface area contributed by atoms with Crippen molar-refractivity contribution in [3.63, 3.8) is 0 Å². The Kier molecular flexibility index (Phi) is 23.9. The average molecular weight is 1490 g/mol. The summed E-state index contributed by atoms with van der Waals surface area (Å²) in [5.41, 5.74) is 0.239. The molecule has 20 N–H and O–H groups in total. The van der Waals surface area contributed by atoms with Gasteiger partial charge in [-0.15, -0.1) is 0 Å². The minimum atomic E-state index is -2.27. The second-order valence-corrected chi connectivity index (χ2v) is 28.1. The average Bonchev–Trinajstić information content (AvgIpc) is 1.54. The number of thioether (sulfide) groups is 1. The molecular weight excluding hydrogens is 1400 g/mol. The number of hydrogen-bond donors (Lipinski definition) is 20. The molecule has 102 heavy (non-hydrogen) atoms. The second kappa shape index (κ2) is 31.4. The Bertz CT molecular complexity index is 3190. The number of benzene rings is 2. The van der Waals surface area contributed by atoms with Crippen LogP contribution in [0.25, 0.3) is 6.08 Å². The summed E-state index contributed by atoms with van der Waals surface area (Å²) >= 11 is 1.00. The monoisotopic (exact) mass is 1480 g/mol. The Hall–Kier alpha value is -3.83. The molecule has 21 fully saturated rings. The lowest BCUT2D eigenvalue weighted by Gasteiger charge is -2.50.